The number of aryl methyl sites for hydroxylation is 1. The molecule has 0 radical (unpaired) electrons. The van der Waals surface area contributed by atoms with E-state index in [9.17, 15) is 0 Å². The highest BCUT2D eigenvalue weighted by Gasteiger charge is 2.14. The van der Waals surface area contributed by atoms with Crippen molar-refractivity contribution in [2.45, 2.75) is 13.8 Å². The molecule has 114 valence electrons. The summed E-state index contributed by atoms with van der Waals surface area (Å²) < 4.78 is 1.77. The lowest BCUT2D eigenvalue weighted by atomic mass is 10.2. The number of nitrogens with one attached hydrogen (secondary N) is 3. The lowest BCUT2D eigenvalue weighted by Gasteiger charge is -2.02. The molecular formula is C12H19BrN8. The van der Waals surface area contributed by atoms with Crippen molar-refractivity contribution in [2.24, 2.45) is 15.1 Å². The molecule has 1 aromatic heterocycles. The van der Waals surface area contributed by atoms with Crippen molar-refractivity contribution in [2.75, 3.05) is 26.2 Å². The van der Waals surface area contributed by atoms with Gasteiger partial charge in [-0.15, -0.1) is 17.0 Å². The van der Waals surface area contributed by atoms with Crippen LogP contribution in [0.5, 0.6) is 0 Å². The fourth-order valence-corrected chi connectivity index (χ4v) is 2.13. The second-order valence-corrected chi connectivity index (χ2v) is 4.67. The molecule has 21 heavy (non-hydrogen) atoms. The molecule has 0 unspecified atom stereocenters. The number of hydrazone groups is 1. The van der Waals surface area contributed by atoms with E-state index in [-0.39, 0.29) is 17.0 Å². The standard InChI is InChI=1S/C12H18N8.BrH/c1-8(17-18-11-13-3-4-14-11)10-7-20(19-9(10)2)12-15-5-6-16-12;/h7H,3-6H2,1-2H3,(H,15,16)(H2,13,14,18);1H. The second kappa shape index (κ2) is 6.70. The van der Waals surface area contributed by atoms with E-state index < -0.39 is 0 Å². The molecule has 3 N–H and O–H groups in total. The molecular weight excluding hydrogens is 336 g/mol. The van der Waals surface area contributed by atoms with Gasteiger partial charge in [0.1, 0.15) is 0 Å². The molecule has 0 atom stereocenters. The van der Waals surface area contributed by atoms with Crippen molar-refractivity contribution < 1.29 is 0 Å². The SMILES string of the molecule is Br.CC(=NNC1=NCCN1)c1cn(C2=NCCN2)nc1C. The minimum atomic E-state index is 0. The summed E-state index contributed by atoms with van der Waals surface area (Å²) in [6, 6.07) is 0. The number of hydrogen-bond donors (Lipinski definition) is 3. The molecule has 9 heteroatoms. The first kappa shape index (κ1) is 15.5. The van der Waals surface area contributed by atoms with Crippen molar-refractivity contribution in [3.63, 3.8) is 0 Å². The quantitative estimate of drug-likeness (QED) is 0.508. The van der Waals surface area contributed by atoms with Crippen LogP contribution in [0.3, 0.4) is 0 Å². The lowest BCUT2D eigenvalue weighted by Crippen LogP contribution is -2.30. The first-order valence-corrected chi connectivity index (χ1v) is 6.68. The molecule has 0 saturated heterocycles. The molecule has 1 aromatic rings. The van der Waals surface area contributed by atoms with Crippen LogP contribution in [0.25, 0.3) is 0 Å². The van der Waals surface area contributed by atoms with Gasteiger partial charge in [-0.2, -0.15) is 10.2 Å². The van der Waals surface area contributed by atoms with E-state index in [1.54, 1.807) is 4.68 Å². The normalized spacial score (nSPS) is 17.5. The van der Waals surface area contributed by atoms with Crippen LogP contribution in [-0.2, 0) is 0 Å². The molecule has 0 fully saturated rings. The fourth-order valence-electron chi connectivity index (χ4n) is 2.13. The zero-order valence-electron chi connectivity index (χ0n) is 12.1. The molecule has 3 rings (SSSR count). The van der Waals surface area contributed by atoms with Crippen LogP contribution in [0.4, 0.5) is 0 Å². The van der Waals surface area contributed by atoms with Gasteiger partial charge in [0.25, 0.3) is 0 Å². The third-order valence-corrected chi connectivity index (χ3v) is 3.17. The van der Waals surface area contributed by atoms with Gasteiger partial charge in [0.2, 0.25) is 11.9 Å². The first-order chi connectivity index (χ1) is 9.74. The minimum absolute atomic E-state index is 0. The minimum Gasteiger partial charge on any atom is -0.353 e. The fraction of sp³-hybridized carbons (Fsp3) is 0.500. The molecule has 3 heterocycles. The predicted octanol–water partition coefficient (Wildman–Crippen LogP) is -0.150. The van der Waals surface area contributed by atoms with Gasteiger partial charge in [-0.3, -0.25) is 0 Å². The summed E-state index contributed by atoms with van der Waals surface area (Å²) in [4.78, 5) is 8.58. The average molecular weight is 355 g/mol. The number of rotatable bonds is 2. The Hall–Kier alpha value is -1.90. The highest BCUT2D eigenvalue weighted by molar-refractivity contribution is 8.93. The monoisotopic (exact) mass is 354 g/mol. The Morgan fingerprint density at radius 1 is 1.29 bits per heavy atom. The Labute approximate surface area is 133 Å². The number of hydrogen-bond acceptors (Lipinski definition) is 7. The van der Waals surface area contributed by atoms with Gasteiger partial charge < -0.3 is 10.6 Å². The third-order valence-electron chi connectivity index (χ3n) is 3.17. The average Bonchev–Trinajstić information content (AvgIpc) is 3.17. The smallest absolute Gasteiger partial charge is 0.219 e. The van der Waals surface area contributed by atoms with Crippen LogP contribution in [0.2, 0.25) is 0 Å². The van der Waals surface area contributed by atoms with Crippen molar-refractivity contribution in [1.29, 1.82) is 0 Å². The summed E-state index contributed by atoms with van der Waals surface area (Å²) in [5.74, 6) is 1.51. The highest BCUT2D eigenvalue weighted by atomic mass is 79.9. The lowest BCUT2D eigenvalue weighted by molar-refractivity contribution is 0.862. The number of aliphatic imine (C=N–C) groups is 2. The van der Waals surface area contributed by atoms with Crippen LogP contribution in [0.15, 0.2) is 21.3 Å². The number of guanidine groups is 1. The van der Waals surface area contributed by atoms with Crippen LogP contribution in [-0.4, -0.2) is 53.6 Å². The van der Waals surface area contributed by atoms with Crippen molar-refractivity contribution >= 4 is 34.6 Å². The molecule has 0 spiro atoms. The van der Waals surface area contributed by atoms with Gasteiger partial charge >= 0.3 is 0 Å². The third kappa shape index (κ3) is 3.41. The van der Waals surface area contributed by atoms with Gasteiger partial charge in [-0.05, 0) is 13.8 Å². The summed E-state index contributed by atoms with van der Waals surface area (Å²) in [6.45, 7) is 7.22. The Morgan fingerprint density at radius 2 is 2.05 bits per heavy atom. The molecule has 0 amide bonds. The van der Waals surface area contributed by atoms with Gasteiger partial charge in [0.05, 0.1) is 24.5 Å². The van der Waals surface area contributed by atoms with E-state index in [0.717, 1.165) is 55.1 Å². The highest BCUT2D eigenvalue weighted by Crippen LogP contribution is 2.07. The van der Waals surface area contributed by atoms with Crippen LogP contribution >= 0.6 is 17.0 Å². The maximum absolute atomic E-state index is 4.46. The van der Waals surface area contributed by atoms with Crippen molar-refractivity contribution in [3.8, 4) is 0 Å². The van der Waals surface area contributed by atoms with Gasteiger partial charge in [0, 0.05) is 24.8 Å². The van der Waals surface area contributed by atoms with E-state index in [0.29, 0.717) is 0 Å². The zero-order valence-corrected chi connectivity index (χ0v) is 13.8. The Morgan fingerprint density at radius 3 is 2.71 bits per heavy atom. The van der Waals surface area contributed by atoms with Gasteiger partial charge in [-0.1, -0.05) is 0 Å². The van der Waals surface area contributed by atoms with E-state index in [2.05, 4.69) is 36.2 Å². The van der Waals surface area contributed by atoms with E-state index >= 15 is 0 Å². The summed E-state index contributed by atoms with van der Waals surface area (Å²) >= 11 is 0. The van der Waals surface area contributed by atoms with Crippen LogP contribution in [0, 0.1) is 6.92 Å². The van der Waals surface area contributed by atoms with E-state index in [4.69, 9.17) is 0 Å². The molecule has 2 aliphatic rings. The summed E-state index contributed by atoms with van der Waals surface area (Å²) in [5, 5.41) is 15.1. The predicted molar refractivity (Wildman–Crippen MR) is 88.6 cm³/mol. The topological polar surface area (TPSA) is 91.0 Å². The Balaban J connectivity index is 0.00000161. The molecule has 2 aliphatic heterocycles. The van der Waals surface area contributed by atoms with Gasteiger partial charge in [0.15, 0.2) is 0 Å². The first-order valence-electron chi connectivity index (χ1n) is 6.68. The summed E-state index contributed by atoms with van der Waals surface area (Å²) in [5.41, 5.74) is 5.71. The molecule has 8 nitrogen and oxygen atoms in total. The van der Waals surface area contributed by atoms with Crippen molar-refractivity contribution in [3.05, 3.63) is 17.5 Å². The summed E-state index contributed by atoms with van der Waals surface area (Å²) in [6.07, 6.45) is 1.94. The zero-order chi connectivity index (χ0) is 13.9. The largest absolute Gasteiger partial charge is 0.353 e. The van der Waals surface area contributed by atoms with Crippen molar-refractivity contribution in [1.82, 2.24) is 25.8 Å². The molecule has 0 saturated carbocycles. The van der Waals surface area contributed by atoms with Crippen LogP contribution in [0.1, 0.15) is 18.2 Å². The van der Waals surface area contributed by atoms with E-state index in [1.807, 2.05) is 20.0 Å². The molecule has 0 bridgehead atoms. The number of nitrogens with zero attached hydrogens (tertiary/aromatic N) is 5. The maximum atomic E-state index is 4.46. The Kier molecular flexibility index (Phi) is 4.94. The van der Waals surface area contributed by atoms with E-state index in [1.165, 1.54) is 0 Å². The summed E-state index contributed by atoms with van der Waals surface area (Å²) in [7, 11) is 0. The number of halogens is 1. The molecule has 0 aliphatic carbocycles. The van der Waals surface area contributed by atoms with Gasteiger partial charge in [-0.25, -0.2) is 20.1 Å². The Bertz CT molecular complexity index is 600. The molecule has 0 aromatic carbocycles. The second-order valence-electron chi connectivity index (χ2n) is 4.67. The number of aromatic nitrogens is 2. The maximum Gasteiger partial charge on any atom is 0.219 e. The van der Waals surface area contributed by atoms with Crippen LogP contribution < -0.4 is 16.1 Å².